The van der Waals surface area contributed by atoms with Gasteiger partial charge in [0.25, 0.3) is 0 Å². The van der Waals surface area contributed by atoms with E-state index in [9.17, 15) is 17.6 Å². The van der Waals surface area contributed by atoms with E-state index in [4.69, 9.17) is 4.74 Å². The van der Waals surface area contributed by atoms with Crippen LogP contribution >= 0.6 is 0 Å². The van der Waals surface area contributed by atoms with E-state index in [0.717, 1.165) is 12.1 Å². The lowest BCUT2D eigenvalue weighted by atomic mass is 9.49. The molecule has 0 atom stereocenters. The van der Waals surface area contributed by atoms with Gasteiger partial charge in [-0.2, -0.15) is 13.2 Å². The summed E-state index contributed by atoms with van der Waals surface area (Å²) < 4.78 is 57.1. The van der Waals surface area contributed by atoms with Crippen molar-refractivity contribution in [1.82, 2.24) is 0 Å². The van der Waals surface area contributed by atoms with Crippen molar-refractivity contribution in [3.63, 3.8) is 0 Å². The van der Waals surface area contributed by atoms with Gasteiger partial charge >= 0.3 is 6.18 Å². The fraction of sp³-hybridized carbons (Fsp3) is 0.294. The summed E-state index contributed by atoms with van der Waals surface area (Å²) in [6.45, 7) is 4.09. The Balaban J connectivity index is 1.96. The normalized spacial score (nSPS) is 11.6. The van der Waals surface area contributed by atoms with Crippen LogP contribution in [-0.4, -0.2) is 6.71 Å². The number of hydrogen-bond donors (Lipinski definition) is 0. The van der Waals surface area contributed by atoms with Crippen LogP contribution in [0.4, 0.5) is 17.6 Å². The van der Waals surface area contributed by atoms with Crippen LogP contribution in [0, 0.1) is 5.82 Å². The molecule has 0 unspecified atom stereocenters. The molecule has 0 fully saturated rings. The minimum atomic E-state index is -4.37. The summed E-state index contributed by atoms with van der Waals surface area (Å²) in [5.74, 6) is -0.292. The van der Waals surface area contributed by atoms with Gasteiger partial charge in [0.1, 0.15) is 5.82 Å². The predicted octanol–water partition coefficient (Wildman–Crippen LogP) is 4.52. The van der Waals surface area contributed by atoms with Crippen LogP contribution in [0.15, 0.2) is 42.5 Å². The molecule has 6 heteroatoms. The van der Waals surface area contributed by atoms with Gasteiger partial charge < -0.3 is 4.74 Å². The van der Waals surface area contributed by atoms with E-state index in [1.54, 1.807) is 18.2 Å². The van der Waals surface area contributed by atoms with E-state index in [0.29, 0.717) is 16.6 Å². The maximum absolute atomic E-state index is 13.9. The predicted molar refractivity (Wildman–Crippen MR) is 83.5 cm³/mol. The van der Waals surface area contributed by atoms with Crippen molar-refractivity contribution < 1.29 is 22.3 Å². The molecule has 0 bridgehead atoms. The van der Waals surface area contributed by atoms with Crippen molar-refractivity contribution in [2.45, 2.75) is 33.0 Å². The zero-order valence-electron chi connectivity index (χ0n) is 13.0. The largest absolute Gasteiger partial charge is 0.416 e. The summed E-state index contributed by atoms with van der Waals surface area (Å²) in [5, 5.41) is 0. The van der Waals surface area contributed by atoms with Crippen LogP contribution in [0.1, 0.15) is 16.7 Å². The van der Waals surface area contributed by atoms with Gasteiger partial charge in [-0.05, 0) is 34.8 Å². The second-order valence-electron chi connectivity index (χ2n) is 5.70. The molecule has 0 aliphatic heterocycles. The summed E-state index contributed by atoms with van der Waals surface area (Å²) in [7, 11) is 0. The lowest BCUT2D eigenvalue weighted by molar-refractivity contribution is -0.137. The molecule has 0 saturated heterocycles. The molecule has 0 radical (unpaired) electrons. The van der Waals surface area contributed by atoms with Crippen LogP contribution in [0.5, 0.6) is 0 Å². The number of halogens is 4. The highest BCUT2D eigenvalue weighted by Gasteiger charge is 2.30. The molecule has 2 aromatic carbocycles. The smallest absolute Gasteiger partial charge is 0.372 e. The molecular formula is C17H17BF4O. The Bertz CT molecular complexity index is 668. The second kappa shape index (κ2) is 7.17. The maximum atomic E-state index is 13.9. The highest BCUT2D eigenvalue weighted by molar-refractivity contribution is 6.70. The van der Waals surface area contributed by atoms with E-state index < -0.39 is 11.7 Å². The third-order valence-electron chi connectivity index (χ3n) is 3.48. The van der Waals surface area contributed by atoms with Gasteiger partial charge in [0.05, 0.1) is 18.8 Å². The summed E-state index contributed by atoms with van der Waals surface area (Å²) in [4.78, 5) is 0. The molecule has 2 aromatic rings. The topological polar surface area (TPSA) is 9.23 Å². The summed E-state index contributed by atoms with van der Waals surface area (Å²) in [6.07, 6.45) is -4.37. The van der Waals surface area contributed by atoms with Crippen molar-refractivity contribution in [3.05, 3.63) is 65.0 Å². The van der Waals surface area contributed by atoms with Gasteiger partial charge in [0.2, 0.25) is 0 Å². The molecule has 0 aliphatic rings. The van der Waals surface area contributed by atoms with Gasteiger partial charge in [-0.25, -0.2) is 4.39 Å². The average Bonchev–Trinajstić information content (AvgIpc) is 2.46. The fourth-order valence-corrected chi connectivity index (χ4v) is 2.25. The molecule has 2 rings (SSSR count). The Kier molecular flexibility index (Phi) is 5.47. The second-order valence-corrected chi connectivity index (χ2v) is 5.70. The SMILES string of the molecule is CB(C)c1ccc(COCc2cccc(C(F)(F)F)c2)cc1F. The van der Waals surface area contributed by atoms with E-state index in [1.165, 1.54) is 12.1 Å². The van der Waals surface area contributed by atoms with E-state index in [-0.39, 0.29) is 25.7 Å². The van der Waals surface area contributed by atoms with Crippen molar-refractivity contribution in [2.24, 2.45) is 0 Å². The molecule has 23 heavy (non-hydrogen) atoms. The van der Waals surface area contributed by atoms with Crippen molar-refractivity contribution in [1.29, 1.82) is 0 Å². The van der Waals surface area contributed by atoms with Crippen molar-refractivity contribution in [3.8, 4) is 0 Å². The number of ether oxygens (including phenoxy) is 1. The first-order chi connectivity index (χ1) is 10.8. The Morgan fingerprint density at radius 2 is 1.61 bits per heavy atom. The molecule has 0 spiro atoms. The van der Waals surface area contributed by atoms with E-state index in [1.807, 2.05) is 13.6 Å². The maximum Gasteiger partial charge on any atom is 0.416 e. The fourth-order valence-electron chi connectivity index (χ4n) is 2.25. The lowest BCUT2D eigenvalue weighted by Gasteiger charge is -2.10. The van der Waals surface area contributed by atoms with Crippen molar-refractivity contribution in [2.75, 3.05) is 0 Å². The molecule has 0 heterocycles. The third-order valence-corrected chi connectivity index (χ3v) is 3.48. The zero-order chi connectivity index (χ0) is 17.0. The molecule has 0 aliphatic carbocycles. The molecule has 0 aromatic heterocycles. The average molecular weight is 324 g/mol. The standard InChI is InChI=1S/C17H17BF4O/c1-18(2)15-7-6-13(9-16(15)19)11-23-10-12-4-3-5-14(8-12)17(20,21)22/h3-9H,10-11H2,1-2H3. The summed E-state index contributed by atoms with van der Waals surface area (Å²) in [6, 6.07) is 9.87. The Morgan fingerprint density at radius 1 is 0.957 bits per heavy atom. The first-order valence-electron chi connectivity index (χ1n) is 7.29. The molecule has 0 N–H and O–H groups in total. The Morgan fingerprint density at radius 3 is 2.17 bits per heavy atom. The first kappa shape index (κ1) is 17.5. The zero-order valence-corrected chi connectivity index (χ0v) is 13.0. The van der Waals surface area contributed by atoms with Crippen LogP contribution in [0.3, 0.4) is 0 Å². The third kappa shape index (κ3) is 4.83. The minimum absolute atomic E-state index is 0.0392. The van der Waals surface area contributed by atoms with Crippen LogP contribution in [0.25, 0.3) is 0 Å². The van der Waals surface area contributed by atoms with Gasteiger partial charge in [0, 0.05) is 0 Å². The van der Waals surface area contributed by atoms with Gasteiger partial charge in [0.15, 0.2) is 6.71 Å². The van der Waals surface area contributed by atoms with Crippen molar-refractivity contribution >= 4 is 12.2 Å². The number of hydrogen-bond acceptors (Lipinski definition) is 1. The summed E-state index contributed by atoms with van der Waals surface area (Å²) in [5.41, 5.74) is 1.01. The van der Waals surface area contributed by atoms with E-state index in [2.05, 4.69) is 0 Å². The first-order valence-corrected chi connectivity index (χ1v) is 7.29. The molecule has 0 saturated carbocycles. The Hall–Kier alpha value is -1.82. The molecular weight excluding hydrogens is 307 g/mol. The van der Waals surface area contributed by atoms with E-state index >= 15 is 0 Å². The van der Waals surface area contributed by atoms with Gasteiger partial charge in [-0.1, -0.05) is 37.9 Å². The van der Waals surface area contributed by atoms with Crippen LogP contribution in [0.2, 0.25) is 13.6 Å². The molecule has 1 nitrogen and oxygen atoms in total. The number of benzene rings is 2. The summed E-state index contributed by atoms with van der Waals surface area (Å²) >= 11 is 0. The molecule has 122 valence electrons. The lowest BCUT2D eigenvalue weighted by Crippen LogP contribution is -2.26. The quantitative estimate of drug-likeness (QED) is 0.580. The van der Waals surface area contributed by atoms with Crippen LogP contribution in [-0.2, 0) is 24.1 Å². The van der Waals surface area contributed by atoms with Crippen LogP contribution < -0.4 is 5.46 Å². The highest BCUT2D eigenvalue weighted by Crippen LogP contribution is 2.29. The monoisotopic (exact) mass is 324 g/mol. The molecule has 0 amide bonds. The Labute approximate surface area is 133 Å². The number of alkyl halides is 3. The number of rotatable bonds is 5. The van der Waals surface area contributed by atoms with Gasteiger partial charge in [-0.15, -0.1) is 0 Å². The minimum Gasteiger partial charge on any atom is -0.372 e. The van der Waals surface area contributed by atoms with Gasteiger partial charge in [-0.3, -0.25) is 0 Å². The highest BCUT2D eigenvalue weighted by atomic mass is 19.4.